The van der Waals surface area contributed by atoms with Crippen molar-refractivity contribution in [2.45, 2.75) is 18.3 Å². The smallest absolute Gasteiger partial charge is 0.348 e. The Morgan fingerprint density at radius 3 is 2.64 bits per heavy atom. The van der Waals surface area contributed by atoms with Gasteiger partial charge in [0.25, 0.3) is 0 Å². The first-order chi connectivity index (χ1) is 12.9. The van der Waals surface area contributed by atoms with Gasteiger partial charge >= 0.3 is 6.18 Å². The van der Waals surface area contributed by atoms with Crippen molar-refractivity contribution in [3.05, 3.63) is 28.8 Å². The zero-order valence-electron chi connectivity index (χ0n) is 14.9. The van der Waals surface area contributed by atoms with Crippen LogP contribution in [0.5, 0.6) is 0 Å². The van der Waals surface area contributed by atoms with Crippen LogP contribution in [0.2, 0.25) is 5.02 Å². The van der Waals surface area contributed by atoms with Crippen LogP contribution in [0, 0.1) is 0 Å². The second-order valence-electron chi connectivity index (χ2n) is 6.73. The number of rotatable bonds is 3. The number of carbonyl (C=O) groups excluding carboxylic acids is 1. The van der Waals surface area contributed by atoms with Gasteiger partial charge in [-0.15, -0.1) is 0 Å². The van der Waals surface area contributed by atoms with Crippen LogP contribution < -0.4 is 4.90 Å². The fourth-order valence-electron chi connectivity index (χ4n) is 3.04. The van der Waals surface area contributed by atoms with Gasteiger partial charge in [0, 0.05) is 14.1 Å². The Labute approximate surface area is 169 Å². The highest BCUT2D eigenvalue weighted by Crippen LogP contribution is 2.41. The van der Waals surface area contributed by atoms with Gasteiger partial charge < -0.3 is 9.80 Å². The summed E-state index contributed by atoms with van der Waals surface area (Å²) in [5.74, 6) is -0.603. The molecule has 2 unspecified atom stereocenters. The second kappa shape index (κ2) is 7.42. The molecule has 1 fully saturated rings. The Kier molecular flexibility index (Phi) is 5.63. The van der Waals surface area contributed by atoms with Gasteiger partial charge in [0.2, 0.25) is 5.91 Å². The quantitative estimate of drug-likeness (QED) is 0.700. The van der Waals surface area contributed by atoms with E-state index >= 15 is 0 Å². The lowest BCUT2D eigenvalue weighted by molar-refractivity contribution is -0.137. The SMILES string of the molecule is CN(C)C(=O)CSC1=NC2CS(=O)(=O)CC2N1c1cc(C(F)(F)F)ccc1Cl. The van der Waals surface area contributed by atoms with Crippen LogP contribution in [0.15, 0.2) is 23.2 Å². The third-order valence-electron chi connectivity index (χ3n) is 4.46. The van der Waals surface area contributed by atoms with Crippen molar-refractivity contribution < 1.29 is 26.4 Å². The van der Waals surface area contributed by atoms with Crippen molar-refractivity contribution in [3.63, 3.8) is 0 Å². The summed E-state index contributed by atoms with van der Waals surface area (Å²) in [6.45, 7) is 0. The summed E-state index contributed by atoms with van der Waals surface area (Å²) in [7, 11) is -0.194. The number of aliphatic imine (C=N–C) groups is 1. The molecule has 0 aliphatic carbocycles. The number of sulfone groups is 1. The van der Waals surface area contributed by atoms with Crippen LogP contribution in [-0.2, 0) is 20.8 Å². The molecule has 0 radical (unpaired) electrons. The average molecular weight is 456 g/mol. The number of alkyl halides is 3. The number of carbonyl (C=O) groups is 1. The third kappa shape index (κ3) is 4.25. The number of hydrogen-bond acceptors (Lipinski definition) is 6. The van der Waals surface area contributed by atoms with Crippen LogP contribution in [0.4, 0.5) is 18.9 Å². The van der Waals surface area contributed by atoms with Crippen molar-refractivity contribution in [3.8, 4) is 0 Å². The number of benzene rings is 1. The van der Waals surface area contributed by atoms with E-state index < -0.39 is 33.7 Å². The molecule has 2 heterocycles. The predicted molar refractivity (Wildman–Crippen MR) is 104 cm³/mol. The van der Waals surface area contributed by atoms with Crippen LogP contribution in [-0.4, -0.2) is 67.8 Å². The standard InChI is InChI=1S/C16H17ClF3N3O3S2/c1-22(2)14(24)6-27-15-21-11-7-28(25,26)8-13(11)23(15)12-5-9(16(18,19)20)3-4-10(12)17/h3-5,11,13H,6-8H2,1-2H3. The van der Waals surface area contributed by atoms with Crippen molar-refractivity contribution in [2.24, 2.45) is 4.99 Å². The Hall–Kier alpha value is -1.46. The van der Waals surface area contributed by atoms with Gasteiger partial charge in [0.1, 0.15) is 0 Å². The maximum atomic E-state index is 13.2. The summed E-state index contributed by atoms with van der Waals surface area (Å²) in [6.07, 6.45) is -4.58. The van der Waals surface area contributed by atoms with Gasteiger partial charge in [-0.05, 0) is 18.2 Å². The number of thioether (sulfide) groups is 1. The summed E-state index contributed by atoms with van der Waals surface area (Å²) in [4.78, 5) is 19.1. The van der Waals surface area contributed by atoms with E-state index in [2.05, 4.69) is 4.99 Å². The molecule has 12 heteroatoms. The number of fused-ring (bicyclic) bond motifs is 1. The summed E-state index contributed by atoms with van der Waals surface area (Å²) in [5, 5.41) is 0.339. The monoisotopic (exact) mass is 455 g/mol. The molecule has 0 spiro atoms. The minimum Gasteiger partial charge on any atom is -0.348 e. The van der Waals surface area contributed by atoms with Gasteiger partial charge in [-0.1, -0.05) is 23.4 Å². The topological polar surface area (TPSA) is 70.0 Å². The molecule has 2 atom stereocenters. The second-order valence-corrected chi connectivity index (χ2v) is 10.2. The Bertz CT molecular complexity index is 935. The highest BCUT2D eigenvalue weighted by atomic mass is 35.5. The number of hydrogen-bond donors (Lipinski definition) is 0. The molecule has 0 N–H and O–H groups in total. The number of nitrogens with zero attached hydrogens (tertiary/aromatic N) is 3. The van der Waals surface area contributed by atoms with Gasteiger partial charge in [-0.25, -0.2) is 8.42 Å². The van der Waals surface area contributed by atoms with Crippen molar-refractivity contribution >= 4 is 50.0 Å². The lowest BCUT2D eigenvalue weighted by Gasteiger charge is -2.28. The molecular weight excluding hydrogens is 439 g/mol. The molecule has 28 heavy (non-hydrogen) atoms. The van der Waals surface area contributed by atoms with Crippen LogP contribution in [0.3, 0.4) is 0 Å². The lowest BCUT2D eigenvalue weighted by Crippen LogP contribution is -2.40. The van der Waals surface area contributed by atoms with Crippen LogP contribution in [0.1, 0.15) is 5.56 Å². The molecule has 1 aromatic rings. The molecule has 0 aromatic heterocycles. The predicted octanol–water partition coefficient (Wildman–Crippen LogP) is 2.52. The molecular formula is C16H17ClF3N3O3S2. The first-order valence-electron chi connectivity index (χ1n) is 8.16. The highest BCUT2D eigenvalue weighted by Gasteiger charge is 2.48. The van der Waals surface area contributed by atoms with Gasteiger partial charge in [-0.3, -0.25) is 9.79 Å². The van der Waals surface area contributed by atoms with Gasteiger partial charge in [-0.2, -0.15) is 13.2 Å². The van der Waals surface area contributed by atoms with E-state index in [9.17, 15) is 26.4 Å². The molecule has 3 rings (SSSR count). The normalized spacial score (nSPS) is 23.5. The summed E-state index contributed by atoms with van der Waals surface area (Å²) in [5.41, 5.74) is -0.866. The number of amidine groups is 1. The van der Waals surface area contributed by atoms with E-state index in [1.807, 2.05) is 0 Å². The van der Waals surface area contributed by atoms with Crippen LogP contribution >= 0.6 is 23.4 Å². The van der Waals surface area contributed by atoms with E-state index in [-0.39, 0.29) is 33.9 Å². The van der Waals surface area contributed by atoms with E-state index in [0.717, 1.165) is 30.0 Å². The lowest BCUT2D eigenvalue weighted by atomic mass is 10.1. The van der Waals surface area contributed by atoms with E-state index in [1.54, 1.807) is 14.1 Å². The first kappa shape index (κ1) is 21.3. The minimum atomic E-state index is -4.58. The Balaban J connectivity index is 2.00. The highest BCUT2D eigenvalue weighted by molar-refractivity contribution is 8.14. The van der Waals surface area contributed by atoms with Gasteiger partial charge in [0.15, 0.2) is 15.0 Å². The summed E-state index contributed by atoms with van der Waals surface area (Å²) in [6, 6.07) is 1.63. The zero-order chi connectivity index (χ0) is 20.9. The Morgan fingerprint density at radius 1 is 1.36 bits per heavy atom. The van der Waals surface area contributed by atoms with E-state index in [1.165, 1.54) is 9.80 Å². The largest absolute Gasteiger partial charge is 0.416 e. The molecule has 1 saturated heterocycles. The average Bonchev–Trinajstić information content (AvgIpc) is 3.03. The van der Waals surface area contributed by atoms with Crippen molar-refractivity contribution in [1.29, 1.82) is 0 Å². The van der Waals surface area contributed by atoms with E-state index in [4.69, 9.17) is 11.6 Å². The van der Waals surface area contributed by atoms with Gasteiger partial charge in [0.05, 0.1) is 45.6 Å². The fourth-order valence-corrected chi connectivity index (χ4v) is 6.19. The first-order valence-corrected chi connectivity index (χ1v) is 11.3. The van der Waals surface area contributed by atoms with Crippen molar-refractivity contribution in [2.75, 3.05) is 36.3 Å². The van der Waals surface area contributed by atoms with Crippen molar-refractivity contribution in [1.82, 2.24) is 4.90 Å². The van der Waals surface area contributed by atoms with Crippen LogP contribution in [0.25, 0.3) is 0 Å². The molecule has 2 aliphatic rings. The molecule has 1 aromatic carbocycles. The molecule has 154 valence electrons. The number of anilines is 1. The summed E-state index contributed by atoms with van der Waals surface area (Å²) < 4.78 is 63.6. The molecule has 2 aliphatic heterocycles. The molecule has 0 saturated carbocycles. The number of amides is 1. The summed E-state index contributed by atoms with van der Waals surface area (Å²) >= 11 is 7.22. The Morgan fingerprint density at radius 2 is 2.04 bits per heavy atom. The maximum Gasteiger partial charge on any atom is 0.416 e. The molecule has 0 bridgehead atoms. The van der Waals surface area contributed by atoms with E-state index in [0.29, 0.717) is 5.17 Å². The fraction of sp³-hybridized carbons (Fsp3) is 0.500. The molecule has 1 amide bonds. The number of halogens is 4. The third-order valence-corrected chi connectivity index (χ3v) is 7.43. The zero-order valence-corrected chi connectivity index (χ0v) is 17.3. The molecule has 6 nitrogen and oxygen atoms in total. The maximum absolute atomic E-state index is 13.2. The minimum absolute atomic E-state index is 0.0190.